The zero-order valence-electron chi connectivity index (χ0n) is 18.8. The second kappa shape index (κ2) is 9.85. The summed E-state index contributed by atoms with van der Waals surface area (Å²) in [6, 6.07) is 6.29. The molecule has 0 spiro atoms. The molecule has 4 aromatic rings. The van der Waals surface area contributed by atoms with Gasteiger partial charge in [0.1, 0.15) is 11.9 Å². The van der Waals surface area contributed by atoms with E-state index < -0.39 is 6.10 Å². The second-order valence-electron chi connectivity index (χ2n) is 7.61. The van der Waals surface area contributed by atoms with E-state index >= 15 is 0 Å². The molecule has 1 aromatic carbocycles. The highest BCUT2D eigenvalue weighted by atomic mass is 79.9. The molecule has 176 valence electrons. The molecule has 0 aliphatic carbocycles. The third-order valence-electron chi connectivity index (χ3n) is 5.23. The fourth-order valence-corrected chi connectivity index (χ4v) is 5.05. The maximum Gasteiger partial charge on any atom is 0.166 e. The summed E-state index contributed by atoms with van der Waals surface area (Å²) in [5, 5.41) is 5.53. The molecule has 1 atom stereocenters. The Morgan fingerprint density at radius 1 is 1.38 bits per heavy atom. The van der Waals surface area contributed by atoms with E-state index in [9.17, 15) is 4.39 Å². The molecular formula is C24H22BrClFN5OS. The van der Waals surface area contributed by atoms with E-state index in [0.717, 1.165) is 25.5 Å². The normalized spacial score (nSPS) is 12.1. The summed E-state index contributed by atoms with van der Waals surface area (Å²) in [6.07, 6.45) is 2.91. The van der Waals surface area contributed by atoms with Gasteiger partial charge in [-0.15, -0.1) is 11.3 Å². The molecule has 0 aliphatic heterocycles. The fourth-order valence-electron chi connectivity index (χ4n) is 3.56. The van der Waals surface area contributed by atoms with Crippen molar-refractivity contribution in [3.8, 4) is 17.0 Å². The number of nitrogen functional groups attached to an aromatic ring is 1. The highest BCUT2D eigenvalue weighted by Crippen LogP contribution is 2.41. The summed E-state index contributed by atoms with van der Waals surface area (Å²) in [5.74, 6) is 0.262. The highest BCUT2D eigenvalue weighted by Gasteiger charge is 2.24. The van der Waals surface area contributed by atoms with Crippen LogP contribution in [0.15, 0.2) is 47.7 Å². The number of benzene rings is 1. The van der Waals surface area contributed by atoms with Crippen LogP contribution in [0.4, 0.5) is 10.2 Å². The van der Waals surface area contributed by atoms with Gasteiger partial charge < -0.3 is 10.5 Å². The summed E-state index contributed by atoms with van der Waals surface area (Å²) < 4.78 is 22.9. The van der Waals surface area contributed by atoms with Crippen molar-refractivity contribution in [1.29, 1.82) is 0 Å². The van der Waals surface area contributed by atoms with Crippen LogP contribution < -0.4 is 10.5 Å². The lowest BCUT2D eigenvalue weighted by Crippen LogP contribution is -2.08. The number of anilines is 1. The van der Waals surface area contributed by atoms with E-state index in [1.807, 2.05) is 27.0 Å². The number of nitrogens with two attached hydrogens (primary N) is 1. The zero-order chi connectivity index (χ0) is 24.6. The molecule has 0 aliphatic rings. The molecule has 0 saturated heterocycles. The van der Waals surface area contributed by atoms with Crippen LogP contribution >= 0.6 is 38.9 Å². The number of pyridine rings is 1. The number of aryl methyl sites for hydroxylation is 2. The Labute approximate surface area is 214 Å². The van der Waals surface area contributed by atoms with Crippen molar-refractivity contribution in [2.24, 2.45) is 0 Å². The fraction of sp³-hybridized carbons (Fsp3) is 0.208. The molecule has 2 N–H and O–H groups in total. The van der Waals surface area contributed by atoms with Gasteiger partial charge in [0.15, 0.2) is 16.7 Å². The van der Waals surface area contributed by atoms with Gasteiger partial charge in [-0.3, -0.25) is 4.68 Å². The van der Waals surface area contributed by atoms with Gasteiger partial charge in [-0.1, -0.05) is 18.2 Å². The van der Waals surface area contributed by atoms with Crippen molar-refractivity contribution >= 4 is 50.3 Å². The number of ether oxygens (including phenoxy) is 1. The van der Waals surface area contributed by atoms with Gasteiger partial charge in [-0.05, 0) is 66.5 Å². The average molecular weight is 563 g/mol. The molecule has 0 bridgehead atoms. The van der Waals surface area contributed by atoms with Crippen LogP contribution in [-0.2, 0) is 6.54 Å². The summed E-state index contributed by atoms with van der Waals surface area (Å²) in [7, 11) is 0. The monoisotopic (exact) mass is 561 g/mol. The third-order valence-corrected chi connectivity index (χ3v) is 6.98. The summed E-state index contributed by atoms with van der Waals surface area (Å²) in [5.41, 5.74) is 9.44. The van der Waals surface area contributed by atoms with Gasteiger partial charge in [-0.25, -0.2) is 14.4 Å². The van der Waals surface area contributed by atoms with Crippen molar-refractivity contribution in [2.45, 2.75) is 33.4 Å². The molecule has 6 nitrogen and oxygen atoms in total. The topological polar surface area (TPSA) is 78.8 Å². The standard InChI is InChI=1S/C24H22BrClFN5OS/c1-5-32-11-19(23(26)31-32)12(2)22-21(30-14(4)34-22)17-7-6-16(27)9-18(17)13(3)33-20-8-15(25)10-29-24(20)28/h6-11,13H,2,5H2,1,3-4H3,(H2,28,29)/t13-/m1/s1. The van der Waals surface area contributed by atoms with Crippen LogP contribution in [0.25, 0.3) is 16.8 Å². The Morgan fingerprint density at radius 2 is 2.15 bits per heavy atom. The molecule has 34 heavy (non-hydrogen) atoms. The number of halogens is 3. The van der Waals surface area contributed by atoms with E-state index in [2.05, 4.69) is 32.6 Å². The number of hydrogen-bond donors (Lipinski definition) is 1. The van der Waals surface area contributed by atoms with E-state index in [0.29, 0.717) is 34.3 Å². The summed E-state index contributed by atoms with van der Waals surface area (Å²) in [4.78, 5) is 9.70. The molecule has 0 unspecified atom stereocenters. The molecule has 0 radical (unpaired) electrons. The first kappa shape index (κ1) is 24.4. The van der Waals surface area contributed by atoms with Crippen LogP contribution in [0.3, 0.4) is 0 Å². The van der Waals surface area contributed by atoms with E-state index in [-0.39, 0.29) is 11.6 Å². The first-order valence-corrected chi connectivity index (χ1v) is 12.4. The zero-order valence-corrected chi connectivity index (χ0v) is 21.9. The van der Waals surface area contributed by atoms with Crippen LogP contribution in [0.1, 0.15) is 41.0 Å². The van der Waals surface area contributed by atoms with Crippen LogP contribution in [0, 0.1) is 12.7 Å². The Morgan fingerprint density at radius 3 is 2.85 bits per heavy atom. The Hall–Kier alpha value is -2.75. The summed E-state index contributed by atoms with van der Waals surface area (Å²) >= 11 is 11.3. The van der Waals surface area contributed by atoms with Crippen molar-refractivity contribution in [1.82, 2.24) is 19.7 Å². The van der Waals surface area contributed by atoms with Crippen molar-refractivity contribution in [3.63, 3.8) is 0 Å². The predicted octanol–water partition coefficient (Wildman–Crippen LogP) is 7.07. The number of hydrogen-bond acceptors (Lipinski definition) is 6. The number of rotatable bonds is 7. The van der Waals surface area contributed by atoms with Gasteiger partial charge in [0.05, 0.1) is 15.6 Å². The molecular weight excluding hydrogens is 541 g/mol. The smallest absolute Gasteiger partial charge is 0.166 e. The van der Waals surface area contributed by atoms with Gasteiger partial charge in [0, 0.05) is 40.1 Å². The minimum Gasteiger partial charge on any atom is -0.482 e. The molecule has 0 fully saturated rings. The largest absolute Gasteiger partial charge is 0.482 e. The van der Waals surface area contributed by atoms with Crippen molar-refractivity contribution in [3.05, 3.63) is 79.7 Å². The third kappa shape index (κ3) is 4.87. The maximum atomic E-state index is 14.4. The first-order valence-electron chi connectivity index (χ1n) is 10.5. The quantitative estimate of drug-likeness (QED) is 0.261. The minimum absolute atomic E-state index is 0.245. The van der Waals surface area contributed by atoms with Gasteiger partial charge in [0.2, 0.25) is 0 Å². The van der Waals surface area contributed by atoms with Crippen LogP contribution in [0.5, 0.6) is 5.75 Å². The lowest BCUT2D eigenvalue weighted by atomic mass is 9.97. The van der Waals surface area contributed by atoms with Crippen molar-refractivity contribution < 1.29 is 9.13 Å². The number of nitrogens with zero attached hydrogens (tertiary/aromatic N) is 4. The maximum absolute atomic E-state index is 14.4. The Bertz CT molecular complexity index is 1390. The molecule has 4 rings (SSSR count). The minimum atomic E-state index is -0.543. The Kier molecular flexibility index (Phi) is 7.06. The van der Waals surface area contributed by atoms with Gasteiger partial charge in [0.25, 0.3) is 0 Å². The van der Waals surface area contributed by atoms with Crippen LogP contribution in [0.2, 0.25) is 5.15 Å². The molecule has 0 saturated carbocycles. The SMILES string of the molecule is C=C(c1cn(CC)nc1Cl)c1sc(C)nc1-c1ccc(F)cc1[C@@H](C)Oc1cc(Br)cnc1N. The summed E-state index contributed by atoms with van der Waals surface area (Å²) in [6.45, 7) is 10.7. The lowest BCUT2D eigenvalue weighted by molar-refractivity contribution is 0.227. The average Bonchev–Trinajstić information content (AvgIpc) is 3.38. The Balaban J connectivity index is 1.78. The molecule has 3 aromatic heterocycles. The predicted molar refractivity (Wildman–Crippen MR) is 139 cm³/mol. The lowest BCUT2D eigenvalue weighted by Gasteiger charge is -2.19. The van der Waals surface area contributed by atoms with E-state index in [1.165, 1.54) is 23.5 Å². The van der Waals surface area contributed by atoms with E-state index in [1.54, 1.807) is 23.0 Å². The molecule has 3 heterocycles. The second-order valence-corrected chi connectivity index (χ2v) is 10.1. The van der Waals surface area contributed by atoms with E-state index in [4.69, 9.17) is 27.1 Å². The number of aromatic nitrogens is 4. The number of thiazole rings is 1. The van der Waals surface area contributed by atoms with Gasteiger partial charge in [-0.2, -0.15) is 5.10 Å². The first-order chi connectivity index (χ1) is 16.2. The molecule has 10 heteroatoms. The van der Waals surface area contributed by atoms with Crippen LogP contribution in [-0.4, -0.2) is 19.7 Å². The highest BCUT2D eigenvalue weighted by molar-refractivity contribution is 9.10. The van der Waals surface area contributed by atoms with Gasteiger partial charge >= 0.3 is 0 Å². The van der Waals surface area contributed by atoms with Crippen molar-refractivity contribution in [2.75, 3.05) is 5.73 Å². The molecule has 0 amide bonds.